The summed E-state index contributed by atoms with van der Waals surface area (Å²) in [5.74, 6) is -3.48. The Labute approximate surface area is 292 Å². The van der Waals surface area contributed by atoms with Crippen LogP contribution in [0.25, 0.3) is 0 Å². The van der Waals surface area contributed by atoms with Gasteiger partial charge in [0, 0.05) is 55.2 Å². The van der Waals surface area contributed by atoms with Gasteiger partial charge in [-0.25, -0.2) is 0 Å². The minimum absolute atomic E-state index is 0.0221. The van der Waals surface area contributed by atoms with Crippen molar-refractivity contribution in [2.75, 3.05) is 19.7 Å². The number of nitrogens with two attached hydrogens (primary N) is 1. The van der Waals surface area contributed by atoms with Gasteiger partial charge in [0.15, 0.2) is 0 Å². The van der Waals surface area contributed by atoms with Crippen molar-refractivity contribution in [1.82, 2.24) is 14.8 Å². The average Bonchev–Trinajstić information content (AvgIpc) is 3.53. The predicted octanol–water partition coefficient (Wildman–Crippen LogP) is 6.20. The van der Waals surface area contributed by atoms with Gasteiger partial charge in [-0.2, -0.15) is 26.3 Å². The number of rotatable bonds is 9. The molecule has 50 heavy (non-hydrogen) atoms. The molecule has 0 radical (unpaired) electrons. The first kappa shape index (κ1) is 37.4. The zero-order chi connectivity index (χ0) is 36.6. The highest BCUT2D eigenvalue weighted by atomic mass is 35.5. The Morgan fingerprint density at radius 3 is 2.48 bits per heavy atom. The molecule has 2 aliphatic rings. The van der Waals surface area contributed by atoms with Crippen molar-refractivity contribution < 1.29 is 50.6 Å². The molecular weight excluding hydrogens is 714 g/mol. The number of carbonyl (C=O) groups excluding carboxylic acids is 3. The summed E-state index contributed by atoms with van der Waals surface area (Å²) in [4.78, 5) is 47.8. The van der Waals surface area contributed by atoms with Gasteiger partial charge >= 0.3 is 12.4 Å². The van der Waals surface area contributed by atoms with Crippen LogP contribution in [0.15, 0.2) is 48.0 Å². The average molecular weight is 747 g/mol. The molecule has 1 aromatic carbocycles. The molecule has 0 aliphatic carbocycles. The van der Waals surface area contributed by atoms with E-state index in [9.17, 15) is 41.0 Å². The second kappa shape index (κ2) is 14.0. The van der Waals surface area contributed by atoms with Gasteiger partial charge in [-0.1, -0.05) is 31.0 Å². The molecule has 0 saturated carbocycles. The third-order valence-corrected chi connectivity index (χ3v) is 10.4. The van der Waals surface area contributed by atoms with Crippen molar-refractivity contribution in [3.63, 3.8) is 0 Å². The Morgan fingerprint density at radius 2 is 1.86 bits per heavy atom. The number of piperidine rings is 1. The van der Waals surface area contributed by atoms with Crippen LogP contribution >= 0.6 is 22.9 Å². The van der Waals surface area contributed by atoms with E-state index in [1.54, 1.807) is 13.0 Å². The van der Waals surface area contributed by atoms with Crippen LogP contribution in [-0.4, -0.2) is 69.0 Å². The van der Waals surface area contributed by atoms with Crippen molar-refractivity contribution in [3.8, 4) is 5.75 Å². The number of halogens is 7. The van der Waals surface area contributed by atoms with Crippen molar-refractivity contribution in [2.45, 2.75) is 75.0 Å². The van der Waals surface area contributed by atoms with Crippen LogP contribution < -0.4 is 10.5 Å². The van der Waals surface area contributed by atoms with Gasteiger partial charge in [-0.3, -0.25) is 19.4 Å². The monoisotopic (exact) mass is 746 g/mol. The molecule has 5 rings (SSSR count). The Bertz CT molecular complexity index is 1770. The molecule has 3 amide bonds. The van der Waals surface area contributed by atoms with Gasteiger partial charge in [0.1, 0.15) is 21.9 Å². The first-order valence-corrected chi connectivity index (χ1v) is 17.0. The molecule has 3 N–H and O–H groups in total. The number of amides is 3. The summed E-state index contributed by atoms with van der Waals surface area (Å²) < 4.78 is 89.6. The van der Waals surface area contributed by atoms with Gasteiger partial charge in [0.25, 0.3) is 11.8 Å². The SMILES string of the molecule is CCC[C@H]1N(C(=O)c2ncccc2C(F)(F)F)CCC[C@@]1(Oc1csc(C(F)(F)F)c1)C(=O)N1CCc2cc(Cl)ccc2C1(CCO)C(N)=O. The lowest BCUT2D eigenvalue weighted by molar-refractivity contribution is -0.171. The van der Waals surface area contributed by atoms with Gasteiger partial charge < -0.3 is 25.4 Å². The predicted molar refractivity (Wildman–Crippen MR) is 170 cm³/mol. The van der Waals surface area contributed by atoms with Crippen molar-refractivity contribution in [3.05, 3.63) is 80.3 Å². The maximum absolute atomic E-state index is 15.3. The molecule has 2 aromatic heterocycles. The molecule has 3 atom stereocenters. The van der Waals surface area contributed by atoms with E-state index in [-0.39, 0.29) is 62.9 Å². The number of fused-ring (bicyclic) bond motifs is 1. The fourth-order valence-corrected chi connectivity index (χ4v) is 8.01. The molecule has 1 saturated heterocycles. The number of alkyl halides is 6. The number of likely N-dealkylation sites (tertiary alicyclic amines) is 1. The minimum atomic E-state index is -4.96. The van der Waals surface area contributed by atoms with E-state index in [2.05, 4.69) is 4.98 Å². The molecule has 9 nitrogen and oxygen atoms in total. The highest BCUT2D eigenvalue weighted by Gasteiger charge is 2.60. The molecule has 3 aromatic rings. The summed E-state index contributed by atoms with van der Waals surface area (Å²) in [6, 6.07) is 5.65. The first-order chi connectivity index (χ1) is 23.5. The molecule has 0 bridgehead atoms. The van der Waals surface area contributed by atoms with E-state index >= 15 is 4.79 Å². The number of hydrogen-bond acceptors (Lipinski definition) is 7. The molecule has 4 heterocycles. The normalized spacial score (nSPS) is 22.6. The minimum Gasteiger partial charge on any atom is -0.474 e. The lowest BCUT2D eigenvalue weighted by atomic mass is 9.74. The largest absolute Gasteiger partial charge is 0.474 e. The number of carbonyl (C=O) groups is 3. The Hall–Kier alpha value is -3.89. The van der Waals surface area contributed by atoms with E-state index < -0.39 is 70.0 Å². The van der Waals surface area contributed by atoms with Crippen LogP contribution in [0.4, 0.5) is 26.3 Å². The Balaban J connectivity index is 1.71. The summed E-state index contributed by atoms with van der Waals surface area (Å²) in [5, 5.41) is 11.6. The highest BCUT2D eigenvalue weighted by molar-refractivity contribution is 7.10. The van der Waals surface area contributed by atoms with Gasteiger partial charge in [0.2, 0.25) is 11.5 Å². The third-order valence-electron chi connectivity index (χ3n) is 9.22. The standard InChI is InChI=1S/C33H33ClF6N4O5S/c1-2-5-24-31(49-21-17-25(50-18-21)33(38,39)40,10-4-13-43(24)27(46)26-23(32(35,36)37)6-3-12-42-26)29(48)44-14-9-19-16-20(34)7-8-22(19)30(44,11-15-45)28(41)47/h3,6-8,12,16-18,24,45H,2,4-5,9-11,13-15H2,1H3,(H2,41,47)/t24-,30?,31+/m1/s1. The maximum atomic E-state index is 15.3. The number of thiophene rings is 1. The summed E-state index contributed by atoms with van der Waals surface area (Å²) in [5.41, 5.74) is 0.428. The maximum Gasteiger partial charge on any atom is 0.425 e. The van der Waals surface area contributed by atoms with Gasteiger partial charge in [-0.15, -0.1) is 11.3 Å². The zero-order valence-corrected chi connectivity index (χ0v) is 28.2. The Morgan fingerprint density at radius 1 is 1.12 bits per heavy atom. The number of ether oxygens (including phenoxy) is 1. The van der Waals surface area contributed by atoms with Gasteiger partial charge in [-0.05, 0) is 54.7 Å². The molecule has 17 heteroatoms. The summed E-state index contributed by atoms with van der Waals surface area (Å²) >= 11 is 6.53. The highest BCUT2D eigenvalue weighted by Crippen LogP contribution is 2.46. The molecule has 270 valence electrons. The third kappa shape index (κ3) is 6.64. The van der Waals surface area contributed by atoms with E-state index in [0.29, 0.717) is 34.1 Å². The van der Waals surface area contributed by atoms with Crippen LogP contribution in [0.3, 0.4) is 0 Å². The number of aliphatic hydroxyl groups excluding tert-OH is 1. The fourth-order valence-electron chi connectivity index (χ4n) is 7.14. The van der Waals surface area contributed by atoms with Gasteiger partial charge in [0.05, 0.1) is 11.6 Å². The van der Waals surface area contributed by atoms with E-state index in [4.69, 9.17) is 22.1 Å². The molecular formula is C33H33ClF6N4O5S. The van der Waals surface area contributed by atoms with E-state index in [1.807, 2.05) is 0 Å². The number of nitrogens with zero attached hydrogens (tertiary/aromatic N) is 3. The zero-order valence-electron chi connectivity index (χ0n) is 26.6. The molecule has 0 spiro atoms. The number of benzene rings is 1. The van der Waals surface area contributed by atoms with Crippen molar-refractivity contribution >= 4 is 40.7 Å². The second-order valence-electron chi connectivity index (χ2n) is 12.1. The lowest BCUT2D eigenvalue weighted by Gasteiger charge is -2.53. The van der Waals surface area contributed by atoms with E-state index in [0.717, 1.165) is 27.4 Å². The quantitative estimate of drug-likeness (QED) is 0.251. The van der Waals surface area contributed by atoms with Crippen molar-refractivity contribution in [1.29, 1.82) is 0 Å². The number of hydrogen-bond donors (Lipinski definition) is 2. The number of aliphatic hydroxyl groups is 1. The number of primary amides is 1. The van der Waals surface area contributed by atoms with Crippen LogP contribution in [0.5, 0.6) is 5.75 Å². The smallest absolute Gasteiger partial charge is 0.425 e. The summed E-state index contributed by atoms with van der Waals surface area (Å²) in [7, 11) is 0. The van der Waals surface area contributed by atoms with Crippen molar-refractivity contribution in [2.24, 2.45) is 5.73 Å². The number of aromatic nitrogens is 1. The first-order valence-electron chi connectivity index (χ1n) is 15.7. The second-order valence-corrected chi connectivity index (χ2v) is 13.5. The molecule has 2 aliphatic heterocycles. The summed E-state index contributed by atoms with van der Waals surface area (Å²) in [6.45, 7) is 0.765. The van der Waals surface area contributed by atoms with Crippen LogP contribution in [0.2, 0.25) is 5.02 Å². The van der Waals surface area contributed by atoms with Crippen LogP contribution in [0, 0.1) is 0 Å². The number of pyridine rings is 1. The fraction of sp³-hybridized carbons (Fsp3) is 0.455. The molecule has 1 fully saturated rings. The Kier molecular flexibility index (Phi) is 10.5. The molecule has 1 unspecified atom stereocenters. The summed E-state index contributed by atoms with van der Waals surface area (Å²) in [6.07, 6.45) is -8.91. The van der Waals surface area contributed by atoms with Crippen LogP contribution in [-0.2, 0) is 33.9 Å². The van der Waals surface area contributed by atoms with E-state index in [1.165, 1.54) is 12.1 Å². The lowest BCUT2D eigenvalue weighted by Crippen LogP contribution is -2.72. The van der Waals surface area contributed by atoms with Crippen LogP contribution in [0.1, 0.15) is 71.1 Å². The topological polar surface area (TPSA) is 126 Å².